The Kier molecular flexibility index (Phi) is 55.3. The molecule has 106 heavy (non-hydrogen) atoms. The molecular formula is C82H103Br6Cl5N2S11. The van der Waals surface area contributed by atoms with Gasteiger partial charge in [0.25, 0.3) is 0 Å². The van der Waals surface area contributed by atoms with Gasteiger partial charge in [-0.15, -0.1) is 125 Å². The Bertz CT molecular complexity index is 4000. The van der Waals surface area contributed by atoms with Crippen LogP contribution in [0.2, 0.25) is 24.4 Å². The minimum absolute atomic E-state index is 0.412. The lowest BCUT2D eigenvalue weighted by atomic mass is 10.1. The van der Waals surface area contributed by atoms with E-state index in [0.29, 0.717) is 64.1 Å². The normalized spacial score (nSPS) is 11.1. The Morgan fingerprint density at radius 1 is 0.377 bits per heavy atom. The van der Waals surface area contributed by atoms with E-state index in [4.69, 9.17) is 68.5 Å². The lowest BCUT2D eigenvalue weighted by Gasteiger charge is -1.99. The van der Waals surface area contributed by atoms with Gasteiger partial charge in [-0.3, -0.25) is 0 Å². The van der Waals surface area contributed by atoms with Crippen molar-refractivity contribution < 1.29 is 0 Å². The molecular weight excluding hydrogens is 2020 g/mol. The van der Waals surface area contributed by atoms with Gasteiger partial charge in [0.2, 0.25) is 0 Å². The number of thiophene rings is 11. The highest BCUT2D eigenvalue weighted by Crippen LogP contribution is 2.47. The molecule has 1 fully saturated rings. The summed E-state index contributed by atoms with van der Waals surface area (Å²) in [6.07, 6.45) is 2.74. The molecule has 0 N–H and O–H groups in total. The zero-order valence-electron chi connectivity index (χ0n) is 64.8. The number of rotatable bonds is 11. The summed E-state index contributed by atoms with van der Waals surface area (Å²) in [7, 11) is 0. The maximum Gasteiger partial charge on any atom is 0.110 e. The van der Waals surface area contributed by atoms with Crippen LogP contribution in [0.1, 0.15) is 300 Å². The zero-order valence-corrected chi connectivity index (χ0v) is 87.1. The smallest absolute Gasteiger partial charge is 0.110 e. The van der Waals surface area contributed by atoms with Crippen LogP contribution >= 0.6 is 278 Å². The van der Waals surface area contributed by atoms with Crippen molar-refractivity contribution >= 4 is 278 Å². The Morgan fingerprint density at radius 3 is 1.12 bits per heavy atom. The van der Waals surface area contributed by atoms with Crippen LogP contribution in [0.3, 0.4) is 0 Å². The maximum atomic E-state index is 8.56. The third-order valence-electron chi connectivity index (χ3n) is 14.0. The Hall–Kier alpha value is 0.01000. The molecule has 0 saturated heterocycles. The van der Waals surface area contributed by atoms with Gasteiger partial charge in [-0.2, -0.15) is 10.5 Å². The van der Waals surface area contributed by atoms with E-state index in [1.807, 2.05) is 88.8 Å². The van der Waals surface area contributed by atoms with Crippen LogP contribution in [0, 0.1) is 29.6 Å². The van der Waals surface area contributed by atoms with Gasteiger partial charge in [0, 0.05) is 63.1 Å². The number of nitrogens with zero attached hydrogens (tertiary/aromatic N) is 2. The predicted molar refractivity (Wildman–Crippen MR) is 517 cm³/mol. The molecule has 11 aromatic heterocycles. The number of hydrogen-bond donors (Lipinski definition) is 0. The minimum Gasteiger partial charge on any atom is -0.192 e. The van der Waals surface area contributed by atoms with E-state index in [-0.39, 0.29) is 0 Å². The van der Waals surface area contributed by atoms with Gasteiger partial charge in [0.15, 0.2) is 0 Å². The number of nitriles is 2. The highest BCUT2D eigenvalue weighted by atomic mass is 79.9. The zero-order chi connectivity index (χ0) is 80.8. The first kappa shape index (κ1) is 104. The summed E-state index contributed by atoms with van der Waals surface area (Å²) in [6.45, 7) is 49.4. The van der Waals surface area contributed by atoms with Crippen LogP contribution in [-0.2, 0) is 0 Å². The summed E-state index contributed by atoms with van der Waals surface area (Å²) in [5.41, 5.74) is 2.66. The van der Waals surface area contributed by atoms with Crippen LogP contribution in [0.15, 0.2) is 136 Å². The summed E-state index contributed by atoms with van der Waals surface area (Å²) in [6, 6.07) is 32.8. The number of hydrogen-bond acceptors (Lipinski definition) is 13. The molecule has 11 heterocycles. The van der Waals surface area contributed by atoms with Crippen molar-refractivity contribution in [3.63, 3.8) is 0 Å². The van der Waals surface area contributed by atoms with Crippen molar-refractivity contribution in [2.45, 2.75) is 237 Å². The quantitative estimate of drug-likeness (QED) is 0.130. The highest BCUT2D eigenvalue weighted by molar-refractivity contribution is 9.12. The van der Waals surface area contributed by atoms with Gasteiger partial charge >= 0.3 is 0 Å². The van der Waals surface area contributed by atoms with Crippen molar-refractivity contribution in [2.75, 3.05) is 0 Å². The van der Waals surface area contributed by atoms with Gasteiger partial charge in [-0.25, -0.2) is 0 Å². The molecule has 12 rings (SSSR count). The number of aryl methyl sites for hydroxylation is 1. The lowest BCUT2D eigenvalue weighted by Crippen LogP contribution is -1.81. The van der Waals surface area contributed by atoms with E-state index >= 15 is 0 Å². The molecule has 0 unspecified atom stereocenters. The number of halogens is 11. The minimum atomic E-state index is 0.412. The second-order valence-corrected chi connectivity index (χ2v) is 47.4. The SMILES string of the molecule is CC.CC(C)c1cc(Br)cs1.CC(C)c1cc(Br)sc1Cl.CC(C)c1ccc(Br)s1.CC(C)c1ccc(C#N)s1.CC(C)c1csc(Br)c1.CC(C)c1sc(Br)cc1Cl.CC(C)c1sc(C#N)cc1Cl.CC(C)c1sc(C2CC2)cc1Cl.CC(C)c1sccc1Br.CC(C)c1sccc1Cl.Cc1cccs1. The molecule has 1 saturated carbocycles. The standard InChI is InChI=1S/C10H13ClS.C8H8ClNS.C8H9NS.2C7H8BrClS.4C7H9BrS.C7H9ClS.C5H6S.C2H6/c1-6(2)10-8(11)5-9(12-10)7-3-4-7;1-5(2)8-7(9)3-6(4-10)11-8;1-6(2)8-4-3-7(5-9)10-8;1-4(2)7-5(9)3-6(8)10-7;1-4(2)5-3-6(8)10-7(5)9;1-5(2)7-3-6(8)4-9-7;1-5(2)6-3-7(8)9-4-6;1-5(2)7-6(8)3-4-9-7;1-5(2)6-3-4-7(8)9-6;1-5(2)7-6(8)3-4-9-7;1-5-3-2-4-6-5;1-2/h5-7H,3-4H2,1-2H3;3,5H,1-2H3;3-4,6H,1-2H3;2*3-4H,1-2H3;5*3-5H,1-2H3;2-4H,1H3;1-2H3. The summed E-state index contributed by atoms with van der Waals surface area (Å²) in [5, 5.41) is 31.1. The van der Waals surface area contributed by atoms with Gasteiger partial charge in [0.1, 0.15) is 21.9 Å². The summed E-state index contributed by atoms with van der Waals surface area (Å²) in [5.74, 6) is 6.66. The van der Waals surface area contributed by atoms with E-state index in [1.165, 1.54) is 95.7 Å². The first-order valence-corrected chi connectivity index (χ1v) is 50.7. The maximum absolute atomic E-state index is 8.56. The van der Waals surface area contributed by atoms with Gasteiger partial charge in [0.05, 0.1) is 39.6 Å². The van der Waals surface area contributed by atoms with Crippen molar-refractivity contribution in [2.24, 2.45) is 0 Å². The largest absolute Gasteiger partial charge is 0.192 e. The topological polar surface area (TPSA) is 47.6 Å². The second-order valence-electron chi connectivity index (χ2n) is 26.5. The van der Waals surface area contributed by atoms with Gasteiger partial charge in [-0.1, -0.05) is 216 Å². The van der Waals surface area contributed by atoms with Gasteiger partial charge < -0.3 is 0 Å². The molecule has 0 radical (unpaired) electrons. The third kappa shape index (κ3) is 42.0. The molecule has 2 nitrogen and oxygen atoms in total. The van der Waals surface area contributed by atoms with Crippen LogP contribution in [0.25, 0.3) is 0 Å². The Labute approximate surface area is 757 Å². The summed E-state index contributed by atoms with van der Waals surface area (Å²) >= 11 is 69.1. The molecule has 24 heteroatoms. The monoisotopic (exact) mass is 2120 g/mol. The molecule has 0 spiro atoms. The molecule has 1 aliphatic carbocycles. The molecule has 584 valence electrons. The summed E-state index contributed by atoms with van der Waals surface area (Å²) in [4.78, 5) is 15.0. The fourth-order valence-corrected chi connectivity index (χ4v) is 24.4. The van der Waals surface area contributed by atoms with Crippen molar-refractivity contribution in [1.29, 1.82) is 10.5 Å². The fourth-order valence-electron chi connectivity index (χ4n) is 8.10. The highest BCUT2D eigenvalue weighted by Gasteiger charge is 2.27. The predicted octanol–water partition coefficient (Wildman–Crippen LogP) is 40.3. The third-order valence-corrected chi connectivity index (χ3v) is 33.4. The lowest BCUT2D eigenvalue weighted by molar-refractivity contribution is 0.872. The fraction of sp³-hybridized carbons (Fsp3) is 0.439. The van der Waals surface area contributed by atoms with E-state index < -0.39 is 0 Å². The van der Waals surface area contributed by atoms with Crippen LogP contribution in [0.4, 0.5) is 0 Å². The first-order valence-electron chi connectivity index (χ1n) is 34.8. The molecule has 0 amide bonds. The molecule has 0 bridgehead atoms. The molecule has 0 atom stereocenters. The van der Waals surface area contributed by atoms with E-state index in [2.05, 4.69) is 329 Å². The second kappa shape index (κ2) is 56.3. The van der Waals surface area contributed by atoms with Crippen LogP contribution < -0.4 is 0 Å². The van der Waals surface area contributed by atoms with E-state index in [9.17, 15) is 0 Å². The molecule has 11 aromatic rings. The average Bonchev–Trinajstić information content (AvgIpc) is 1.70. The first-order chi connectivity index (χ1) is 49.7. The molecule has 0 aromatic carbocycles. The molecule has 0 aliphatic heterocycles. The Morgan fingerprint density at radius 2 is 0.877 bits per heavy atom. The molecule has 1 aliphatic rings. The Balaban J connectivity index is 0.000000583. The van der Waals surface area contributed by atoms with Gasteiger partial charge in [-0.05, 0) is 292 Å². The van der Waals surface area contributed by atoms with Crippen LogP contribution in [0.5, 0.6) is 0 Å². The average molecular weight is 2130 g/mol. The summed E-state index contributed by atoms with van der Waals surface area (Å²) < 4.78 is 8.04. The van der Waals surface area contributed by atoms with E-state index in [1.54, 1.807) is 74.1 Å². The van der Waals surface area contributed by atoms with E-state index in [0.717, 1.165) is 47.7 Å². The van der Waals surface area contributed by atoms with Crippen molar-refractivity contribution in [1.82, 2.24) is 0 Å². The van der Waals surface area contributed by atoms with Crippen molar-refractivity contribution in [3.8, 4) is 12.1 Å². The van der Waals surface area contributed by atoms with Crippen molar-refractivity contribution in [3.05, 3.63) is 230 Å². The van der Waals surface area contributed by atoms with Crippen LogP contribution in [-0.4, -0.2) is 0 Å².